The van der Waals surface area contributed by atoms with Crippen LogP contribution in [0.3, 0.4) is 0 Å². The topological polar surface area (TPSA) is 42.4 Å². The largest absolute Gasteiger partial charge is 0.377 e. The molecule has 1 aromatic rings. The Morgan fingerprint density at radius 3 is 2.75 bits per heavy atom. The van der Waals surface area contributed by atoms with Crippen molar-refractivity contribution in [3.63, 3.8) is 0 Å². The molecule has 1 aromatic heterocycles. The number of anilines is 1. The molecule has 0 unspecified atom stereocenters. The number of carbonyl (C=O) groups is 1. The van der Waals surface area contributed by atoms with Gasteiger partial charge >= 0.3 is 0 Å². The van der Waals surface area contributed by atoms with Crippen LogP contribution in [0.5, 0.6) is 0 Å². The zero-order valence-electron chi connectivity index (χ0n) is 13.0. The number of Topliss-reactive ketones (excluding diaryl/α,β-unsaturated/α-hetero) is 1. The Kier molecular flexibility index (Phi) is 4.49. The van der Waals surface area contributed by atoms with Gasteiger partial charge in [-0.1, -0.05) is 25.2 Å². The first-order chi connectivity index (χ1) is 9.28. The van der Waals surface area contributed by atoms with Crippen LogP contribution in [-0.2, 0) is 11.2 Å². The molecule has 112 valence electrons. The molecule has 0 saturated carbocycles. The molecule has 0 saturated heterocycles. The minimum absolute atomic E-state index is 0.0365. The fourth-order valence-electron chi connectivity index (χ4n) is 2.39. The number of carbonyl (C=O) groups excluding carboxylic acids is 1. The van der Waals surface area contributed by atoms with Crippen molar-refractivity contribution in [3.05, 3.63) is 10.6 Å². The van der Waals surface area contributed by atoms with Crippen LogP contribution in [-0.4, -0.2) is 37.1 Å². The van der Waals surface area contributed by atoms with Crippen LogP contribution in [0, 0.1) is 5.41 Å². The van der Waals surface area contributed by atoms with Crippen LogP contribution in [0.1, 0.15) is 49.5 Å². The van der Waals surface area contributed by atoms with Crippen molar-refractivity contribution in [2.45, 2.75) is 46.6 Å². The van der Waals surface area contributed by atoms with E-state index in [1.165, 1.54) is 11.3 Å². The predicted octanol–water partition coefficient (Wildman–Crippen LogP) is 3.16. The van der Waals surface area contributed by atoms with E-state index in [2.05, 4.69) is 23.7 Å². The van der Waals surface area contributed by atoms with Gasteiger partial charge in [-0.15, -0.1) is 0 Å². The molecular weight excluding hydrogens is 272 g/mol. The highest BCUT2D eigenvalue weighted by Gasteiger charge is 2.34. The number of thiazole rings is 1. The SMILES string of the molecule is CC(C)OCCN(C)c1nc2c(s1)C(=O)CC(C)(C)C2. The van der Waals surface area contributed by atoms with Crippen molar-refractivity contribution in [1.29, 1.82) is 0 Å². The zero-order chi connectivity index (χ0) is 14.9. The lowest BCUT2D eigenvalue weighted by Gasteiger charge is -2.26. The molecule has 1 heterocycles. The molecule has 0 atom stereocenters. The molecule has 20 heavy (non-hydrogen) atoms. The summed E-state index contributed by atoms with van der Waals surface area (Å²) in [5.74, 6) is 0.242. The monoisotopic (exact) mass is 296 g/mol. The van der Waals surface area contributed by atoms with E-state index in [0.717, 1.165) is 28.7 Å². The van der Waals surface area contributed by atoms with Gasteiger partial charge in [0, 0.05) is 20.0 Å². The highest BCUT2D eigenvalue weighted by molar-refractivity contribution is 7.17. The Balaban J connectivity index is 2.06. The van der Waals surface area contributed by atoms with Crippen LogP contribution in [0.15, 0.2) is 0 Å². The third kappa shape index (κ3) is 3.58. The Hall–Kier alpha value is -0.940. The molecule has 0 bridgehead atoms. The smallest absolute Gasteiger partial charge is 0.186 e. The minimum Gasteiger partial charge on any atom is -0.377 e. The fraction of sp³-hybridized carbons (Fsp3) is 0.733. The van der Waals surface area contributed by atoms with Crippen LogP contribution < -0.4 is 4.90 Å². The van der Waals surface area contributed by atoms with E-state index in [0.29, 0.717) is 13.0 Å². The predicted molar refractivity (Wildman–Crippen MR) is 82.9 cm³/mol. The summed E-state index contributed by atoms with van der Waals surface area (Å²) in [6.45, 7) is 9.80. The summed E-state index contributed by atoms with van der Waals surface area (Å²) in [4.78, 5) is 19.8. The highest BCUT2D eigenvalue weighted by atomic mass is 32.1. The van der Waals surface area contributed by atoms with Crippen molar-refractivity contribution < 1.29 is 9.53 Å². The molecule has 0 aliphatic heterocycles. The van der Waals surface area contributed by atoms with Gasteiger partial charge in [-0.25, -0.2) is 4.98 Å². The van der Waals surface area contributed by atoms with Gasteiger partial charge in [0.2, 0.25) is 0 Å². The van der Waals surface area contributed by atoms with Crippen LogP contribution in [0.2, 0.25) is 0 Å². The Morgan fingerprint density at radius 2 is 2.10 bits per heavy atom. The fourth-order valence-corrected chi connectivity index (χ4v) is 3.40. The maximum Gasteiger partial charge on any atom is 0.186 e. The Labute approximate surface area is 125 Å². The molecule has 4 nitrogen and oxygen atoms in total. The zero-order valence-corrected chi connectivity index (χ0v) is 13.8. The number of rotatable bonds is 5. The highest BCUT2D eigenvalue weighted by Crippen LogP contribution is 2.38. The number of likely N-dealkylation sites (N-methyl/N-ethyl adjacent to an activating group) is 1. The third-order valence-corrected chi connectivity index (χ3v) is 4.68. The molecule has 1 aliphatic rings. The van der Waals surface area contributed by atoms with Gasteiger partial charge in [-0.3, -0.25) is 4.79 Å². The summed E-state index contributed by atoms with van der Waals surface area (Å²) < 4.78 is 5.56. The van der Waals surface area contributed by atoms with Gasteiger partial charge in [0.25, 0.3) is 0 Å². The molecule has 5 heteroatoms. The minimum atomic E-state index is 0.0365. The molecule has 1 aliphatic carbocycles. The van der Waals surface area contributed by atoms with E-state index in [1.54, 1.807) is 0 Å². The quantitative estimate of drug-likeness (QED) is 0.837. The normalized spacial score (nSPS) is 17.4. The maximum atomic E-state index is 12.2. The number of nitrogens with zero attached hydrogens (tertiary/aromatic N) is 2. The first-order valence-corrected chi connectivity index (χ1v) is 7.96. The second-order valence-corrected chi connectivity index (χ2v) is 7.53. The van der Waals surface area contributed by atoms with E-state index in [9.17, 15) is 4.79 Å². The molecule has 0 amide bonds. The lowest BCUT2D eigenvalue weighted by Crippen LogP contribution is -2.26. The Bertz CT molecular complexity index is 494. The Morgan fingerprint density at radius 1 is 1.40 bits per heavy atom. The van der Waals surface area contributed by atoms with Crippen molar-refractivity contribution in [3.8, 4) is 0 Å². The van der Waals surface area contributed by atoms with Crippen molar-refractivity contribution >= 4 is 22.3 Å². The number of hydrogen-bond donors (Lipinski definition) is 0. The van der Waals surface area contributed by atoms with Crippen molar-refractivity contribution in [1.82, 2.24) is 4.98 Å². The van der Waals surface area contributed by atoms with E-state index < -0.39 is 0 Å². The maximum absolute atomic E-state index is 12.2. The van der Waals surface area contributed by atoms with Gasteiger partial charge in [0.15, 0.2) is 10.9 Å². The molecule has 2 rings (SSSR count). The number of fused-ring (bicyclic) bond motifs is 1. The summed E-state index contributed by atoms with van der Waals surface area (Å²) in [6.07, 6.45) is 1.76. The summed E-state index contributed by atoms with van der Waals surface area (Å²) in [5, 5.41) is 0.924. The molecule has 0 fully saturated rings. The first-order valence-electron chi connectivity index (χ1n) is 7.14. The average molecular weight is 296 g/mol. The third-order valence-electron chi connectivity index (χ3n) is 3.43. The summed E-state index contributed by atoms with van der Waals surface area (Å²) in [7, 11) is 2.00. The van der Waals surface area contributed by atoms with Gasteiger partial charge in [-0.2, -0.15) is 0 Å². The second kappa shape index (κ2) is 5.82. The molecule has 0 spiro atoms. The van der Waals surface area contributed by atoms with Gasteiger partial charge in [-0.05, 0) is 25.7 Å². The van der Waals surface area contributed by atoms with Crippen molar-refractivity contribution in [2.75, 3.05) is 25.1 Å². The molecule has 0 aromatic carbocycles. The number of hydrogen-bond acceptors (Lipinski definition) is 5. The summed E-state index contributed by atoms with van der Waals surface area (Å²) in [6, 6.07) is 0. The molecule has 0 N–H and O–H groups in total. The van der Waals surface area contributed by atoms with Crippen LogP contribution in [0.4, 0.5) is 5.13 Å². The lowest BCUT2D eigenvalue weighted by atomic mass is 9.78. The van der Waals surface area contributed by atoms with E-state index in [-0.39, 0.29) is 17.3 Å². The molecule has 0 radical (unpaired) electrons. The standard InChI is InChI=1S/C15H24N2O2S/c1-10(2)19-7-6-17(5)14-16-11-8-15(3,4)9-12(18)13(11)20-14/h10H,6-9H2,1-5H3. The number of aromatic nitrogens is 1. The lowest BCUT2D eigenvalue weighted by molar-refractivity contribution is 0.0845. The van der Waals surface area contributed by atoms with E-state index >= 15 is 0 Å². The second-order valence-electron chi connectivity index (χ2n) is 6.55. The van der Waals surface area contributed by atoms with Crippen LogP contribution >= 0.6 is 11.3 Å². The summed E-state index contributed by atoms with van der Waals surface area (Å²) >= 11 is 1.52. The average Bonchev–Trinajstić information content (AvgIpc) is 2.70. The van der Waals surface area contributed by atoms with Gasteiger partial charge < -0.3 is 9.64 Å². The summed E-state index contributed by atoms with van der Waals surface area (Å²) in [5.41, 5.74) is 1.01. The first kappa shape index (κ1) is 15.4. The van der Waals surface area contributed by atoms with Gasteiger partial charge in [0.05, 0.1) is 23.3 Å². The molecular formula is C15H24N2O2S. The van der Waals surface area contributed by atoms with E-state index in [4.69, 9.17) is 4.74 Å². The number of ether oxygens (including phenoxy) is 1. The van der Waals surface area contributed by atoms with Crippen molar-refractivity contribution in [2.24, 2.45) is 5.41 Å². The van der Waals surface area contributed by atoms with E-state index in [1.807, 2.05) is 20.9 Å². The van der Waals surface area contributed by atoms with Crippen LogP contribution in [0.25, 0.3) is 0 Å². The van der Waals surface area contributed by atoms with Gasteiger partial charge in [0.1, 0.15) is 0 Å². The number of ketones is 1.